The summed E-state index contributed by atoms with van der Waals surface area (Å²) in [6.07, 6.45) is 1.08. The summed E-state index contributed by atoms with van der Waals surface area (Å²) in [5.41, 5.74) is 0.328. The number of alkyl halides is 2. The zero-order valence-electron chi connectivity index (χ0n) is 20.4. The fourth-order valence-electron chi connectivity index (χ4n) is 5.82. The zero-order valence-corrected chi connectivity index (χ0v) is 20.4. The van der Waals surface area contributed by atoms with Gasteiger partial charge < -0.3 is 20.4 Å². The molecule has 0 aromatic heterocycles. The van der Waals surface area contributed by atoms with Crippen molar-refractivity contribution >= 4 is 17.3 Å². The summed E-state index contributed by atoms with van der Waals surface area (Å²) in [6, 6.07) is 5.98. The summed E-state index contributed by atoms with van der Waals surface area (Å²) in [6.45, 7) is 5.93. The lowest BCUT2D eigenvalue weighted by Crippen LogP contribution is -2.53. The van der Waals surface area contributed by atoms with Crippen molar-refractivity contribution in [2.45, 2.75) is 51.1 Å². The van der Waals surface area contributed by atoms with Gasteiger partial charge in [-0.2, -0.15) is 0 Å². The molecule has 4 heterocycles. The van der Waals surface area contributed by atoms with E-state index in [1.54, 1.807) is 13.0 Å². The van der Waals surface area contributed by atoms with E-state index < -0.39 is 29.8 Å². The van der Waals surface area contributed by atoms with E-state index in [1.165, 1.54) is 18.2 Å². The van der Waals surface area contributed by atoms with Crippen LogP contribution in [0.5, 0.6) is 0 Å². The Morgan fingerprint density at radius 1 is 1.03 bits per heavy atom. The molecule has 2 aromatic rings. The van der Waals surface area contributed by atoms with Crippen molar-refractivity contribution in [3.8, 4) is 0 Å². The molecule has 1 amide bonds. The summed E-state index contributed by atoms with van der Waals surface area (Å²) >= 11 is 0. The van der Waals surface area contributed by atoms with Gasteiger partial charge in [0.2, 0.25) is 0 Å². The van der Waals surface area contributed by atoms with E-state index in [-0.39, 0.29) is 23.0 Å². The highest BCUT2D eigenvalue weighted by Gasteiger charge is 2.35. The average molecular weight is 505 g/mol. The first-order valence-corrected chi connectivity index (χ1v) is 12.8. The highest BCUT2D eigenvalue weighted by molar-refractivity contribution is 6.01. The van der Waals surface area contributed by atoms with E-state index in [1.807, 2.05) is 4.90 Å². The standard InChI is InChI=1S/C27H32F4N4O/c1-16(18-5-4-6-19(25(18)29)26(30)31)32-27(36)20-13-24(35-9-2-3-10-35)21(28)14-22(20)33-23-15-34-11-7-17(23)8-12-34/h4-6,13-14,16-17,23,26,33H,2-3,7-12,15H2,1H3,(H,32,36)/t16-,23+/m1/s1. The molecule has 5 nitrogen and oxygen atoms in total. The molecule has 2 aromatic carbocycles. The van der Waals surface area contributed by atoms with Crippen LogP contribution in [-0.2, 0) is 0 Å². The minimum atomic E-state index is -2.95. The Kier molecular flexibility index (Phi) is 7.10. The Morgan fingerprint density at radius 2 is 1.72 bits per heavy atom. The predicted molar refractivity (Wildman–Crippen MR) is 132 cm³/mol. The molecule has 6 rings (SSSR count). The summed E-state index contributed by atoms with van der Waals surface area (Å²) in [5, 5.41) is 6.19. The second-order valence-electron chi connectivity index (χ2n) is 10.2. The van der Waals surface area contributed by atoms with Gasteiger partial charge in [-0.3, -0.25) is 4.79 Å². The number of anilines is 2. The van der Waals surface area contributed by atoms with E-state index in [2.05, 4.69) is 15.5 Å². The molecule has 4 saturated heterocycles. The third kappa shape index (κ3) is 4.90. The van der Waals surface area contributed by atoms with E-state index in [0.29, 0.717) is 30.4 Å². The van der Waals surface area contributed by atoms with Gasteiger partial charge in [-0.25, -0.2) is 17.6 Å². The Balaban J connectivity index is 1.44. The molecule has 0 aliphatic carbocycles. The predicted octanol–water partition coefficient (Wildman–Crippen LogP) is 5.50. The Morgan fingerprint density at radius 3 is 2.36 bits per heavy atom. The molecule has 0 unspecified atom stereocenters. The van der Waals surface area contributed by atoms with Crippen LogP contribution in [0, 0.1) is 17.6 Å². The lowest BCUT2D eigenvalue weighted by molar-refractivity contribution is 0.0934. The monoisotopic (exact) mass is 504 g/mol. The molecule has 0 radical (unpaired) electrons. The van der Waals surface area contributed by atoms with Crippen molar-refractivity contribution in [2.75, 3.05) is 42.9 Å². The van der Waals surface area contributed by atoms with E-state index in [9.17, 15) is 18.0 Å². The van der Waals surface area contributed by atoms with Gasteiger partial charge in [0.25, 0.3) is 12.3 Å². The van der Waals surface area contributed by atoms with Crippen LogP contribution in [0.4, 0.5) is 28.9 Å². The van der Waals surface area contributed by atoms with Gasteiger partial charge in [-0.15, -0.1) is 0 Å². The summed E-state index contributed by atoms with van der Waals surface area (Å²) < 4.78 is 56.3. The smallest absolute Gasteiger partial charge is 0.266 e. The molecule has 2 atom stereocenters. The molecular weight excluding hydrogens is 472 g/mol. The maximum Gasteiger partial charge on any atom is 0.266 e. The number of piperidine rings is 3. The molecule has 9 heteroatoms. The maximum absolute atomic E-state index is 15.2. The van der Waals surface area contributed by atoms with Gasteiger partial charge in [0.1, 0.15) is 11.6 Å². The highest BCUT2D eigenvalue weighted by atomic mass is 19.3. The van der Waals surface area contributed by atoms with Crippen LogP contribution >= 0.6 is 0 Å². The van der Waals surface area contributed by atoms with Gasteiger partial charge in [0.15, 0.2) is 0 Å². The SMILES string of the molecule is C[C@@H](NC(=O)c1cc(N2CCCC2)c(F)cc1N[C@H]1CN2CCC1CC2)c1cccc(C(F)F)c1F. The van der Waals surface area contributed by atoms with E-state index in [0.717, 1.165) is 51.4 Å². The van der Waals surface area contributed by atoms with Gasteiger partial charge in [-0.1, -0.05) is 18.2 Å². The molecule has 2 N–H and O–H groups in total. The van der Waals surface area contributed by atoms with Crippen LogP contribution in [-0.4, -0.2) is 49.6 Å². The maximum atomic E-state index is 15.2. The van der Waals surface area contributed by atoms with Gasteiger partial charge in [0.05, 0.1) is 28.5 Å². The summed E-state index contributed by atoms with van der Waals surface area (Å²) in [7, 11) is 0. The van der Waals surface area contributed by atoms with Crippen molar-refractivity contribution in [3.63, 3.8) is 0 Å². The first kappa shape index (κ1) is 24.9. The van der Waals surface area contributed by atoms with E-state index in [4.69, 9.17) is 0 Å². The number of nitrogens with one attached hydrogen (secondary N) is 2. The lowest BCUT2D eigenvalue weighted by atomic mass is 9.84. The molecule has 194 valence electrons. The van der Waals surface area contributed by atoms with E-state index >= 15 is 4.39 Å². The number of hydrogen-bond acceptors (Lipinski definition) is 4. The Labute approximate surface area is 208 Å². The lowest BCUT2D eigenvalue weighted by Gasteiger charge is -2.45. The minimum Gasteiger partial charge on any atom is -0.380 e. The molecule has 0 spiro atoms. The normalized spacial score (nSPS) is 24.3. The number of benzene rings is 2. The number of rotatable bonds is 7. The third-order valence-corrected chi connectivity index (χ3v) is 7.88. The first-order valence-electron chi connectivity index (χ1n) is 12.8. The fraction of sp³-hybridized carbons (Fsp3) is 0.519. The van der Waals surface area contributed by atoms with Crippen LogP contribution in [0.15, 0.2) is 30.3 Å². The molecule has 4 aliphatic heterocycles. The quantitative estimate of drug-likeness (QED) is 0.489. The van der Waals surface area contributed by atoms with Crippen molar-refractivity contribution in [1.82, 2.24) is 10.2 Å². The topological polar surface area (TPSA) is 47.6 Å². The van der Waals surface area contributed by atoms with Gasteiger partial charge in [-0.05, 0) is 63.7 Å². The number of hydrogen-bond donors (Lipinski definition) is 2. The number of carbonyl (C=O) groups excluding carboxylic acids is 1. The largest absolute Gasteiger partial charge is 0.380 e. The highest BCUT2D eigenvalue weighted by Crippen LogP contribution is 2.34. The van der Waals surface area contributed by atoms with Crippen LogP contribution in [0.25, 0.3) is 0 Å². The first-order chi connectivity index (χ1) is 17.3. The van der Waals surface area contributed by atoms with Crippen LogP contribution in [0.1, 0.15) is 66.6 Å². The van der Waals surface area contributed by atoms with Crippen molar-refractivity contribution in [2.24, 2.45) is 5.92 Å². The van der Waals surface area contributed by atoms with Crippen molar-refractivity contribution in [3.05, 3.63) is 58.7 Å². The molecule has 4 aliphatic rings. The summed E-state index contributed by atoms with van der Waals surface area (Å²) in [5.74, 6) is -1.46. The third-order valence-electron chi connectivity index (χ3n) is 7.88. The average Bonchev–Trinajstić information content (AvgIpc) is 3.39. The number of carbonyl (C=O) groups is 1. The van der Waals surface area contributed by atoms with Gasteiger partial charge >= 0.3 is 0 Å². The van der Waals surface area contributed by atoms with Crippen LogP contribution in [0.3, 0.4) is 0 Å². The Hall–Kier alpha value is -2.81. The van der Waals surface area contributed by atoms with Crippen LogP contribution < -0.4 is 15.5 Å². The second-order valence-corrected chi connectivity index (χ2v) is 10.2. The fourth-order valence-corrected chi connectivity index (χ4v) is 5.82. The van der Waals surface area contributed by atoms with Gasteiger partial charge in [0, 0.05) is 31.2 Å². The van der Waals surface area contributed by atoms with Crippen molar-refractivity contribution < 1.29 is 22.4 Å². The number of halogens is 4. The number of nitrogens with zero attached hydrogens (tertiary/aromatic N) is 2. The number of fused-ring (bicyclic) bond motifs is 3. The molecular formula is C27H32F4N4O. The Bertz CT molecular complexity index is 1110. The summed E-state index contributed by atoms with van der Waals surface area (Å²) in [4.78, 5) is 17.8. The zero-order chi connectivity index (χ0) is 25.4. The minimum absolute atomic E-state index is 0.0186. The van der Waals surface area contributed by atoms with Crippen LogP contribution in [0.2, 0.25) is 0 Å². The molecule has 4 fully saturated rings. The molecule has 0 saturated carbocycles. The molecule has 36 heavy (non-hydrogen) atoms. The van der Waals surface area contributed by atoms with Crippen molar-refractivity contribution in [1.29, 1.82) is 0 Å². The molecule has 2 bridgehead atoms. The number of amides is 1. The second kappa shape index (κ2) is 10.3.